The summed E-state index contributed by atoms with van der Waals surface area (Å²) < 4.78 is 5.44. The molecule has 1 aromatic heterocycles. The number of halogens is 1. The maximum Gasteiger partial charge on any atom is 0.320 e. The maximum absolute atomic E-state index is 11.1. The van der Waals surface area contributed by atoms with E-state index in [9.17, 15) is 4.79 Å². The van der Waals surface area contributed by atoms with Crippen molar-refractivity contribution in [1.29, 1.82) is 0 Å². The molecule has 1 unspecified atom stereocenters. The summed E-state index contributed by atoms with van der Waals surface area (Å²) in [5.41, 5.74) is 1.53. The number of likely N-dealkylation sites (N-methyl/N-ethyl adjacent to an activating group) is 1. The first-order valence-corrected chi connectivity index (χ1v) is 7.02. The van der Waals surface area contributed by atoms with Gasteiger partial charge in [0.15, 0.2) is 0 Å². The van der Waals surface area contributed by atoms with Gasteiger partial charge in [0, 0.05) is 17.1 Å². The number of hydrogen-bond donors (Lipinski definition) is 1. The first-order valence-electron chi connectivity index (χ1n) is 6.64. The zero-order valence-electron chi connectivity index (χ0n) is 11.9. The highest BCUT2D eigenvalue weighted by Crippen LogP contribution is 2.21. The highest BCUT2D eigenvalue weighted by Gasteiger charge is 2.21. The Labute approximate surface area is 128 Å². The van der Waals surface area contributed by atoms with Crippen molar-refractivity contribution in [2.45, 2.75) is 25.9 Å². The monoisotopic (exact) mass is 308 g/mol. The summed E-state index contributed by atoms with van der Waals surface area (Å²) in [6, 6.07) is 6.66. The summed E-state index contributed by atoms with van der Waals surface area (Å²) in [7, 11) is 1.76. The van der Waals surface area contributed by atoms with E-state index in [1.165, 1.54) is 0 Å². The molecule has 2 aromatic rings. The molecule has 1 atom stereocenters. The van der Waals surface area contributed by atoms with E-state index in [-0.39, 0.29) is 0 Å². The van der Waals surface area contributed by atoms with Gasteiger partial charge in [0.1, 0.15) is 12.3 Å². The van der Waals surface area contributed by atoms with Gasteiger partial charge in [0.05, 0.1) is 5.69 Å². The van der Waals surface area contributed by atoms with Gasteiger partial charge in [-0.2, -0.15) is 0 Å². The van der Waals surface area contributed by atoms with Crippen molar-refractivity contribution < 1.29 is 14.3 Å². The maximum atomic E-state index is 11.1. The smallest absolute Gasteiger partial charge is 0.320 e. The van der Waals surface area contributed by atoms with E-state index in [0.717, 1.165) is 5.56 Å². The first kappa shape index (κ1) is 15.5. The molecule has 112 valence electrons. The predicted octanol–water partition coefficient (Wildman–Crippen LogP) is 3.29. The van der Waals surface area contributed by atoms with E-state index < -0.39 is 12.0 Å². The lowest BCUT2D eigenvalue weighted by Gasteiger charge is -2.21. The summed E-state index contributed by atoms with van der Waals surface area (Å²) in [4.78, 5) is 17.2. The van der Waals surface area contributed by atoms with Crippen LogP contribution in [-0.2, 0) is 11.3 Å². The van der Waals surface area contributed by atoms with Crippen molar-refractivity contribution in [2.24, 2.45) is 0 Å². The molecule has 0 fully saturated rings. The first-order chi connectivity index (χ1) is 10.0. The van der Waals surface area contributed by atoms with Crippen LogP contribution in [0.25, 0.3) is 11.5 Å². The van der Waals surface area contributed by atoms with Crippen molar-refractivity contribution in [3.8, 4) is 11.5 Å². The third kappa shape index (κ3) is 3.83. The van der Waals surface area contributed by atoms with Crippen LogP contribution in [0.2, 0.25) is 5.02 Å². The lowest BCUT2D eigenvalue weighted by Crippen LogP contribution is -2.37. The van der Waals surface area contributed by atoms with Gasteiger partial charge in [-0.3, -0.25) is 9.69 Å². The SMILES string of the molecule is CCC(C(=O)O)N(C)Cc1coc(-c2ccc(Cl)cc2)n1. The van der Waals surface area contributed by atoms with Crippen molar-refractivity contribution in [3.05, 3.63) is 41.2 Å². The fraction of sp³-hybridized carbons (Fsp3) is 0.333. The zero-order chi connectivity index (χ0) is 15.4. The van der Waals surface area contributed by atoms with E-state index in [0.29, 0.717) is 29.6 Å². The zero-order valence-corrected chi connectivity index (χ0v) is 12.7. The van der Waals surface area contributed by atoms with Gasteiger partial charge in [-0.1, -0.05) is 18.5 Å². The molecular weight excluding hydrogens is 292 g/mol. The Bertz CT molecular complexity index is 610. The van der Waals surface area contributed by atoms with Crippen LogP contribution in [0.3, 0.4) is 0 Å². The number of oxazole rings is 1. The summed E-state index contributed by atoms with van der Waals surface area (Å²) in [6.07, 6.45) is 2.09. The van der Waals surface area contributed by atoms with Gasteiger partial charge in [-0.05, 0) is 37.7 Å². The van der Waals surface area contributed by atoms with Gasteiger partial charge >= 0.3 is 5.97 Å². The molecule has 2 rings (SSSR count). The largest absolute Gasteiger partial charge is 0.480 e. The lowest BCUT2D eigenvalue weighted by molar-refractivity contribution is -0.143. The minimum absolute atomic E-state index is 0.419. The molecule has 0 saturated carbocycles. The fourth-order valence-corrected chi connectivity index (χ4v) is 2.27. The molecule has 0 amide bonds. The van der Waals surface area contributed by atoms with Crippen LogP contribution in [0.15, 0.2) is 34.9 Å². The number of carbonyl (C=O) groups is 1. The Morgan fingerprint density at radius 2 is 2.10 bits per heavy atom. The van der Waals surface area contributed by atoms with Gasteiger partial charge in [-0.15, -0.1) is 0 Å². The summed E-state index contributed by atoms with van der Waals surface area (Å²) in [5.74, 6) is -0.333. The normalized spacial score (nSPS) is 12.6. The topological polar surface area (TPSA) is 66.6 Å². The van der Waals surface area contributed by atoms with Crippen molar-refractivity contribution in [3.63, 3.8) is 0 Å². The van der Waals surface area contributed by atoms with Crippen LogP contribution in [0.5, 0.6) is 0 Å². The summed E-state index contributed by atoms with van der Waals surface area (Å²) in [5, 5.41) is 9.78. The number of carboxylic acids is 1. The summed E-state index contributed by atoms with van der Waals surface area (Å²) in [6.45, 7) is 2.26. The molecule has 0 spiro atoms. The molecule has 0 saturated heterocycles. The molecule has 21 heavy (non-hydrogen) atoms. The van der Waals surface area contributed by atoms with Crippen molar-refractivity contribution in [2.75, 3.05) is 7.05 Å². The average molecular weight is 309 g/mol. The van der Waals surface area contributed by atoms with Crippen LogP contribution >= 0.6 is 11.6 Å². The Kier molecular flexibility index (Phi) is 4.98. The number of aliphatic carboxylic acids is 1. The van der Waals surface area contributed by atoms with E-state index in [4.69, 9.17) is 21.1 Å². The molecule has 0 aliphatic carbocycles. The second-order valence-corrected chi connectivity index (χ2v) is 5.26. The Balaban J connectivity index is 2.09. The van der Waals surface area contributed by atoms with Crippen LogP contribution < -0.4 is 0 Å². The minimum atomic E-state index is -0.832. The van der Waals surface area contributed by atoms with Gasteiger partial charge in [0.25, 0.3) is 0 Å². The Morgan fingerprint density at radius 3 is 2.67 bits per heavy atom. The fourth-order valence-electron chi connectivity index (χ4n) is 2.15. The molecule has 6 heteroatoms. The van der Waals surface area contributed by atoms with E-state index in [1.54, 1.807) is 30.3 Å². The van der Waals surface area contributed by atoms with Gasteiger partial charge in [-0.25, -0.2) is 4.98 Å². The minimum Gasteiger partial charge on any atom is -0.480 e. The van der Waals surface area contributed by atoms with Crippen LogP contribution in [-0.4, -0.2) is 34.0 Å². The third-order valence-electron chi connectivity index (χ3n) is 3.26. The molecule has 1 aromatic carbocycles. The molecule has 0 bridgehead atoms. The number of carboxylic acid groups (broad SMARTS) is 1. The second kappa shape index (κ2) is 6.74. The quantitative estimate of drug-likeness (QED) is 0.887. The number of benzene rings is 1. The second-order valence-electron chi connectivity index (χ2n) is 4.83. The molecule has 1 heterocycles. The average Bonchev–Trinajstić information content (AvgIpc) is 2.88. The lowest BCUT2D eigenvalue weighted by atomic mass is 10.2. The molecule has 1 N–H and O–H groups in total. The molecule has 5 nitrogen and oxygen atoms in total. The number of aromatic nitrogens is 1. The van der Waals surface area contributed by atoms with Crippen LogP contribution in [0.4, 0.5) is 0 Å². The standard InChI is InChI=1S/C15H17ClN2O3/c1-3-13(15(19)20)18(2)8-12-9-21-14(17-12)10-4-6-11(16)7-5-10/h4-7,9,13H,3,8H2,1-2H3,(H,19,20). The third-order valence-corrected chi connectivity index (χ3v) is 3.51. The van der Waals surface area contributed by atoms with Crippen LogP contribution in [0, 0.1) is 0 Å². The molecule has 0 radical (unpaired) electrons. The number of rotatable bonds is 6. The summed E-state index contributed by atoms with van der Waals surface area (Å²) >= 11 is 5.84. The molecular formula is C15H17ClN2O3. The van der Waals surface area contributed by atoms with Crippen molar-refractivity contribution in [1.82, 2.24) is 9.88 Å². The van der Waals surface area contributed by atoms with Gasteiger partial charge in [0.2, 0.25) is 5.89 Å². The number of hydrogen-bond acceptors (Lipinski definition) is 4. The molecule has 0 aliphatic heterocycles. The Morgan fingerprint density at radius 1 is 1.43 bits per heavy atom. The highest BCUT2D eigenvalue weighted by molar-refractivity contribution is 6.30. The van der Waals surface area contributed by atoms with Gasteiger partial charge < -0.3 is 9.52 Å². The highest BCUT2D eigenvalue weighted by atomic mass is 35.5. The molecule has 0 aliphatic rings. The predicted molar refractivity (Wildman–Crippen MR) is 80.1 cm³/mol. The Hall–Kier alpha value is -1.85. The van der Waals surface area contributed by atoms with E-state index in [1.807, 2.05) is 19.1 Å². The van der Waals surface area contributed by atoms with Crippen molar-refractivity contribution >= 4 is 17.6 Å². The van der Waals surface area contributed by atoms with E-state index in [2.05, 4.69) is 4.98 Å². The van der Waals surface area contributed by atoms with E-state index >= 15 is 0 Å². The van der Waals surface area contributed by atoms with Crippen LogP contribution in [0.1, 0.15) is 19.0 Å². The number of nitrogens with zero attached hydrogens (tertiary/aromatic N) is 2.